The molecule has 0 unspecified atom stereocenters. The lowest BCUT2D eigenvalue weighted by Gasteiger charge is -2.38. The van der Waals surface area contributed by atoms with Gasteiger partial charge in [-0.3, -0.25) is 0 Å². The van der Waals surface area contributed by atoms with Crippen LogP contribution in [-0.2, 0) is 11.2 Å². The molecule has 1 heterocycles. The first-order chi connectivity index (χ1) is 10.1. The molecule has 0 saturated carbocycles. The lowest BCUT2D eigenvalue weighted by molar-refractivity contribution is 0.0142. The van der Waals surface area contributed by atoms with Gasteiger partial charge in [0.1, 0.15) is 11.6 Å². The number of rotatable bonds is 6. The Morgan fingerprint density at radius 2 is 2.00 bits per heavy atom. The summed E-state index contributed by atoms with van der Waals surface area (Å²) in [6.07, 6.45) is 3.11. The van der Waals surface area contributed by atoms with E-state index in [0.29, 0.717) is 24.1 Å². The maximum atomic E-state index is 14.2. The Morgan fingerprint density at radius 3 is 2.67 bits per heavy atom. The molecule has 0 spiro atoms. The van der Waals surface area contributed by atoms with Gasteiger partial charge in [0.05, 0.1) is 4.47 Å². The smallest absolute Gasteiger partial charge is 0.143 e. The summed E-state index contributed by atoms with van der Waals surface area (Å²) in [6.45, 7) is 5.12. The van der Waals surface area contributed by atoms with Gasteiger partial charge in [-0.25, -0.2) is 8.78 Å². The molecule has 0 atom stereocenters. The van der Waals surface area contributed by atoms with E-state index in [9.17, 15) is 8.78 Å². The van der Waals surface area contributed by atoms with Crippen LogP contribution < -0.4 is 5.32 Å². The van der Waals surface area contributed by atoms with Crippen LogP contribution in [0.1, 0.15) is 31.7 Å². The van der Waals surface area contributed by atoms with Gasteiger partial charge in [0.2, 0.25) is 0 Å². The third kappa shape index (κ3) is 4.24. The molecule has 5 heteroatoms. The highest BCUT2D eigenvalue weighted by molar-refractivity contribution is 9.10. The van der Waals surface area contributed by atoms with Crippen molar-refractivity contribution >= 4 is 15.9 Å². The fraction of sp³-hybridized carbons (Fsp3) is 0.625. The molecule has 1 N–H and O–H groups in total. The first-order valence-electron chi connectivity index (χ1n) is 7.49. The van der Waals surface area contributed by atoms with Gasteiger partial charge in [0, 0.05) is 25.3 Å². The number of benzene rings is 1. The van der Waals surface area contributed by atoms with Crippen LogP contribution in [0.4, 0.5) is 8.78 Å². The van der Waals surface area contributed by atoms with Gasteiger partial charge in [-0.2, -0.15) is 0 Å². The highest BCUT2D eigenvalue weighted by Crippen LogP contribution is 2.36. The predicted molar refractivity (Wildman–Crippen MR) is 83.4 cm³/mol. The summed E-state index contributed by atoms with van der Waals surface area (Å²) in [4.78, 5) is 0. The highest BCUT2D eigenvalue weighted by atomic mass is 79.9. The van der Waals surface area contributed by atoms with Crippen LogP contribution in [0.15, 0.2) is 16.6 Å². The van der Waals surface area contributed by atoms with Crippen molar-refractivity contribution in [1.29, 1.82) is 0 Å². The Kier molecular flexibility index (Phi) is 6.14. The van der Waals surface area contributed by atoms with E-state index >= 15 is 0 Å². The fourth-order valence-electron chi connectivity index (χ4n) is 2.86. The summed E-state index contributed by atoms with van der Waals surface area (Å²) in [6, 6.07) is 2.75. The van der Waals surface area contributed by atoms with E-state index in [0.717, 1.165) is 32.4 Å². The first-order valence-corrected chi connectivity index (χ1v) is 8.28. The Hall–Kier alpha value is -0.520. The van der Waals surface area contributed by atoms with Crippen molar-refractivity contribution in [2.45, 2.75) is 32.6 Å². The maximum absolute atomic E-state index is 14.2. The molecule has 1 aromatic rings. The molecule has 2 nitrogen and oxygen atoms in total. The van der Waals surface area contributed by atoms with E-state index in [4.69, 9.17) is 4.74 Å². The molecule has 118 valence electrons. The van der Waals surface area contributed by atoms with E-state index in [2.05, 4.69) is 28.2 Å². The molecule has 1 aromatic carbocycles. The van der Waals surface area contributed by atoms with Crippen molar-refractivity contribution in [3.63, 3.8) is 0 Å². The average Bonchev–Trinajstić information content (AvgIpc) is 2.49. The molecule has 0 amide bonds. The van der Waals surface area contributed by atoms with Crippen LogP contribution in [-0.4, -0.2) is 26.3 Å². The summed E-state index contributed by atoms with van der Waals surface area (Å²) in [5, 5.41) is 3.41. The van der Waals surface area contributed by atoms with Crippen molar-refractivity contribution in [3.8, 4) is 0 Å². The third-order valence-corrected chi connectivity index (χ3v) is 4.78. The molecule has 21 heavy (non-hydrogen) atoms. The Balaban J connectivity index is 2.20. The molecular formula is C16H22BrF2NO. The highest BCUT2D eigenvalue weighted by Gasteiger charge is 2.34. The number of hydrogen-bond acceptors (Lipinski definition) is 2. The fourth-order valence-corrected chi connectivity index (χ4v) is 3.23. The summed E-state index contributed by atoms with van der Waals surface area (Å²) < 4.78 is 34.0. The monoisotopic (exact) mass is 361 g/mol. The second-order valence-electron chi connectivity index (χ2n) is 5.79. The van der Waals surface area contributed by atoms with Crippen molar-refractivity contribution in [2.24, 2.45) is 5.41 Å². The van der Waals surface area contributed by atoms with E-state index < -0.39 is 11.6 Å². The molecule has 0 bridgehead atoms. The van der Waals surface area contributed by atoms with Crippen LogP contribution >= 0.6 is 15.9 Å². The van der Waals surface area contributed by atoms with Gasteiger partial charge < -0.3 is 10.1 Å². The SMILES string of the molecule is CCCNCC1(Cc2c(F)ccc(Br)c2F)CCOCC1. The number of hydrogen-bond donors (Lipinski definition) is 1. The van der Waals surface area contributed by atoms with E-state index in [1.807, 2.05) is 0 Å². The maximum Gasteiger partial charge on any atom is 0.143 e. The Morgan fingerprint density at radius 1 is 1.29 bits per heavy atom. The number of halogens is 3. The minimum absolute atomic E-state index is 0.129. The standard InChI is InChI=1S/C16H22BrF2NO/c1-2-7-20-11-16(5-8-21-9-6-16)10-12-14(18)4-3-13(17)15(12)19/h3-4,20H,2,5-11H2,1H3. The van der Waals surface area contributed by atoms with Gasteiger partial charge >= 0.3 is 0 Å². The second-order valence-corrected chi connectivity index (χ2v) is 6.64. The van der Waals surface area contributed by atoms with E-state index in [1.54, 1.807) is 0 Å². The van der Waals surface area contributed by atoms with E-state index in [1.165, 1.54) is 12.1 Å². The van der Waals surface area contributed by atoms with Crippen molar-refractivity contribution in [1.82, 2.24) is 5.32 Å². The van der Waals surface area contributed by atoms with Gasteiger partial charge in [0.15, 0.2) is 0 Å². The third-order valence-electron chi connectivity index (χ3n) is 4.17. The molecule has 1 aliphatic rings. The minimum atomic E-state index is -0.476. The quantitative estimate of drug-likeness (QED) is 0.609. The van der Waals surface area contributed by atoms with Crippen LogP contribution in [0.3, 0.4) is 0 Å². The zero-order valence-electron chi connectivity index (χ0n) is 12.4. The predicted octanol–water partition coefficient (Wildman–Crippen LogP) is 4.07. The minimum Gasteiger partial charge on any atom is -0.381 e. The lowest BCUT2D eigenvalue weighted by atomic mass is 9.75. The van der Waals surface area contributed by atoms with Crippen molar-refractivity contribution in [2.75, 3.05) is 26.3 Å². The van der Waals surface area contributed by atoms with E-state index in [-0.39, 0.29) is 11.0 Å². The zero-order chi connectivity index (χ0) is 15.3. The van der Waals surface area contributed by atoms with Crippen LogP contribution in [0.25, 0.3) is 0 Å². The Labute approximate surface area is 133 Å². The molecule has 2 rings (SSSR count). The summed E-state index contributed by atoms with van der Waals surface area (Å²) >= 11 is 3.14. The van der Waals surface area contributed by atoms with Crippen LogP contribution in [0.5, 0.6) is 0 Å². The van der Waals surface area contributed by atoms with Gasteiger partial charge in [-0.15, -0.1) is 0 Å². The molecule has 1 fully saturated rings. The molecule has 1 saturated heterocycles. The molecule has 0 aliphatic carbocycles. The average molecular weight is 362 g/mol. The van der Waals surface area contributed by atoms with Gasteiger partial charge in [-0.1, -0.05) is 6.92 Å². The first kappa shape index (κ1) is 16.8. The van der Waals surface area contributed by atoms with Gasteiger partial charge in [-0.05, 0) is 65.7 Å². The molecule has 1 aliphatic heterocycles. The molecule has 0 aromatic heterocycles. The molecular weight excluding hydrogens is 340 g/mol. The summed E-state index contributed by atoms with van der Waals surface area (Å²) in [7, 11) is 0. The van der Waals surface area contributed by atoms with Crippen LogP contribution in [0.2, 0.25) is 0 Å². The Bertz CT molecular complexity index is 476. The summed E-state index contributed by atoms with van der Waals surface area (Å²) in [5.41, 5.74) is 0.0557. The van der Waals surface area contributed by atoms with Gasteiger partial charge in [0.25, 0.3) is 0 Å². The molecule has 0 radical (unpaired) electrons. The summed E-state index contributed by atoms with van der Waals surface area (Å²) in [5.74, 6) is -0.937. The normalized spacial score (nSPS) is 17.9. The number of nitrogens with one attached hydrogen (secondary N) is 1. The topological polar surface area (TPSA) is 21.3 Å². The zero-order valence-corrected chi connectivity index (χ0v) is 13.9. The lowest BCUT2D eigenvalue weighted by Crippen LogP contribution is -2.41. The second kappa shape index (κ2) is 7.65. The largest absolute Gasteiger partial charge is 0.381 e. The van der Waals surface area contributed by atoms with Crippen molar-refractivity contribution < 1.29 is 13.5 Å². The number of ether oxygens (including phenoxy) is 1. The van der Waals surface area contributed by atoms with Crippen LogP contribution in [0, 0.1) is 17.0 Å². The van der Waals surface area contributed by atoms with Crippen molar-refractivity contribution in [3.05, 3.63) is 33.8 Å².